The first-order valence-electron chi connectivity index (χ1n) is 10.8. The molecule has 33 heavy (non-hydrogen) atoms. The van der Waals surface area contributed by atoms with Crippen LogP contribution in [0.5, 0.6) is 0 Å². The maximum atomic E-state index is 12.2. The van der Waals surface area contributed by atoms with E-state index in [2.05, 4.69) is 10.3 Å². The van der Waals surface area contributed by atoms with Crippen LogP contribution >= 0.6 is 0 Å². The quantitative estimate of drug-likeness (QED) is 0.407. The number of carbonyl (C=O) groups is 2. The first kappa shape index (κ1) is 23.1. The molecule has 0 aliphatic carbocycles. The van der Waals surface area contributed by atoms with E-state index in [-0.39, 0.29) is 26.4 Å². The first-order chi connectivity index (χ1) is 16.2. The number of esters is 2. The van der Waals surface area contributed by atoms with Gasteiger partial charge in [0.05, 0.1) is 51.1 Å². The molecule has 4 aliphatic rings. The topological polar surface area (TPSA) is 123 Å². The van der Waals surface area contributed by atoms with Crippen LogP contribution in [0.1, 0.15) is 24.0 Å². The van der Waals surface area contributed by atoms with Crippen molar-refractivity contribution in [3.63, 3.8) is 0 Å². The van der Waals surface area contributed by atoms with Gasteiger partial charge < -0.3 is 33.4 Å². The molecule has 0 amide bonds. The van der Waals surface area contributed by atoms with Crippen LogP contribution in [0.25, 0.3) is 0 Å². The van der Waals surface area contributed by atoms with E-state index < -0.39 is 24.1 Å². The number of oxime groups is 2. The second kappa shape index (κ2) is 11.7. The highest BCUT2D eigenvalue weighted by molar-refractivity contribution is 6.06. The SMILES string of the molecule is O=C1OCCOCCOCCOCCOC(=O)[C@H]2CC(=NO2)c2ccc(cc2)C2=NO[C@H]1C2. The van der Waals surface area contributed by atoms with Gasteiger partial charge in [-0.15, -0.1) is 0 Å². The summed E-state index contributed by atoms with van der Waals surface area (Å²) in [6.45, 7) is 2.25. The van der Waals surface area contributed by atoms with E-state index in [0.29, 0.717) is 50.7 Å². The van der Waals surface area contributed by atoms with E-state index in [4.69, 9.17) is 33.4 Å². The molecule has 0 fully saturated rings. The van der Waals surface area contributed by atoms with Gasteiger partial charge in [-0.3, -0.25) is 0 Å². The van der Waals surface area contributed by atoms with Crippen LogP contribution in [0.2, 0.25) is 0 Å². The lowest BCUT2D eigenvalue weighted by atomic mass is 10.00. The zero-order valence-electron chi connectivity index (χ0n) is 18.1. The van der Waals surface area contributed by atoms with Crippen molar-refractivity contribution in [2.75, 3.05) is 52.9 Å². The van der Waals surface area contributed by atoms with Crippen molar-refractivity contribution in [3.05, 3.63) is 35.4 Å². The molecule has 2 atom stereocenters. The highest BCUT2D eigenvalue weighted by Crippen LogP contribution is 2.21. The Morgan fingerprint density at radius 3 is 1.33 bits per heavy atom. The summed E-state index contributed by atoms with van der Waals surface area (Å²) < 4.78 is 26.5. The van der Waals surface area contributed by atoms with Crippen molar-refractivity contribution in [3.8, 4) is 0 Å². The van der Waals surface area contributed by atoms with Crippen molar-refractivity contribution in [2.24, 2.45) is 10.3 Å². The molecule has 11 nitrogen and oxygen atoms in total. The summed E-state index contributed by atoms with van der Waals surface area (Å²) in [4.78, 5) is 34.9. The molecule has 5 rings (SSSR count). The minimum absolute atomic E-state index is 0.121. The molecule has 0 saturated heterocycles. The molecule has 6 bridgehead atoms. The van der Waals surface area contributed by atoms with Crippen molar-refractivity contribution >= 4 is 23.4 Å². The number of hydrogen-bond donors (Lipinski definition) is 0. The number of nitrogens with zero attached hydrogens (tertiary/aromatic N) is 2. The van der Waals surface area contributed by atoms with E-state index in [1.54, 1.807) is 0 Å². The standard InChI is InChI=1S/C22H26N2O9/c25-21-19-13-17(23-32-19)15-1-2-16(4-3-15)18-14-20(33-24-18)22(26)31-12-10-29-8-6-27-5-7-28-9-11-30-21/h1-4,19-20H,5-14H2/t19-,20+. The lowest BCUT2D eigenvalue weighted by Gasteiger charge is -2.10. The van der Waals surface area contributed by atoms with Gasteiger partial charge in [0.25, 0.3) is 0 Å². The summed E-state index contributed by atoms with van der Waals surface area (Å²) in [7, 11) is 0. The normalized spacial score (nSPS) is 25.5. The van der Waals surface area contributed by atoms with Gasteiger partial charge in [-0.25, -0.2) is 9.59 Å². The fourth-order valence-electron chi connectivity index (χ4n) is 3.33. The maximum absolute atomic E-state index is 12.2. The Kier molecular flexibility index (Phi) is 8.23. The van der Waals surface area contributed by atoms with Crippen molar-refractivity contribution in [2.45, 2.75) is 25.0 Å². The van der Waals surface area contributed by atoms with Crippen LogP contribution in [0.4, 0.5) is 0 Å². The molecule has 0 aromatic heterocycles. The summed E-state index contributed by atoms with van der Waals surface area (Å²) in [5.41, 5.74) is 2.93. The Morgan fingerprint density at radius 1 is 0.576 bits per heavy atom. The number of benzene rings is 1. The molecule has 1 aromatic carbocycles. The molecule has 0 radical (unpaired) electrons. The fraction of sp³-hybridized carbons (Fsp3) is 0.545. The average molecular weight is 462 g/mol. The third-order valence-corrected chi connectivity index (χ3v) is 5.10. The van der Waals surface area contributed by atoms with Crippen LogP contribution in [0.15, 0.2) is 34.6 Å². The Bertz CT molecular complexity index is 813. The van der Waals surface area contributed by atoms with Gasteiger partial charge in [0.2, 0.25) is 12.2 Å². The predicted octanol–water partition coefficient (Wildman–Crippen LogP) is 0.822. The number of rotatable bonds is 0. The maximum Gasteiger partial charge on any atom is 0.350 e. The molecule has 1 aromatic rings. The molecule has 4 heterocycles. The lowest BCUT2D eigenvalue weighted by Crippen LogP contribution is -2.25. The Morgan fingerprint density at radius 2 is 0.939 bits per heavy atom. The summed E-state index contributed by atoms with van der Waals surface area (Å²) >= 11 is 0. The highest BCUT2D eigenvalue weighted by atomic mass is 16.7. The lowest BCUT2D eigenvalue weighted by molar-refractivity contribution is -0.157. The Hall–Kier alpha value is -3.02. The van der Waals surface area contributed by atoms with Gasteiger partial charge in [-0.05, 0) is 11.1 Å². The Balaban J connectivity index is 1.35. The van der Waals surface area contributed by atoms with Gasteiger partial charge in [-0.1, -0.05) is 34.6 Å². The van der Waals surface area contributed by atoms with Crippen LogP contribution < -0.4 is 0 Å². The predicted molar refractivity (Wildman–Crippen MR) is 113 cm³/mol. The summed E-state index contributed by atoms with van der Waals surface area (Å²) in [5, 5.41) is 8.05. The van der Waals surface area contributed by atoms with Crippen LogP contribution in [-0.4, -0.2) is 88.4 Å². The van der Waals surface area contributed by atoms with Crippen LogP contribution in [-0.2, 0) is 42.9 Å². The minimum Gasteiger partial charge on any atom is -0.460 e. The van der Waals surface area contributed by atoms with Gasteiger partial charge >= 0.3 is 11.9 Å². The molecule has 178 valence electrons. The third kappa shape index (κ3) is 6.50. The van der Waals surface area contributed by atoms with Crippen LogP contribution in [0, 0.1) is 0 Å². The van der Waals surface area contributed by atoms with Gasteiger partial charge in [0, 0.05) is 12.8 Å². The van der Waals surface area contributed by atoms with E-state index in [1.807, 2.05) is 24.3 Å². The zero-order chi connectivity index (χ0) is 22.9. The summed E-state index contributed by atoms with van der Waals surface area (Å²) in [6, 6.07) is 7.42. The second-order valence-corrected chi connectivity index (χ2v) is 7.42. The smallest absolute Gasteiger partial charge is 0.350 e. The monoisotopic (exact) mass is 462 g/mol. The summed E-state index contributed by atoms with van der Waals surface area (Å²) in [6.07, 6.45) is -0.937. The molecule has 0 N–H and O–H groups in total. The van der Waals surface area contributed by atoms with Gasteiger partial charge in [0.15, 0.2) is 0 Å². The van der Waals surface area contributed by atoms with Gasteiger partial charge in [-0.2, -0.15) is 0 Å². The van der Waals surface area contributed by atoms with Crippen molar-refractivity contribution < 1.29 is 42.9 Å². The molecule has 0 unspecified atom stereocenters. The first-order valence-corrected chi connectivity index (χ1v) is 10.8. The number of hydrogen-bond acceptors (Lipinski definition) is 11. The molecular formula is C22H26N2O9. The fourth-order valence-corrected chi connectivity index (χ4v) is 3.33. The number of ether oxygens (including phenoxy) is 5. The third-order valence-electron chi connectivity index (χ3n) is 5.10. The van der Waals surface area contributed by atoms with Gasteiger partial charge in [0.1, 0.15) is 13.2 Å². The highest BCUT2D eigenvalue weighted by Gasteiger charge is 2.32. The van der Waals surface area contributed by atoms with E-state index >= 15 is 0 Å². The van der Waals surface area contributed by atoms with E-state index in [1.165, 1.54) is 0 Å². The molecule has 4 aliphatic heterocycles. The molecule has 0 spiro atoms. The average Bonchev–Trinajstić information content (AvgIpc) is 3.52. The van der Waals surface area contributed by atoms with E-state index in [0.717, 1.165) is 11.1 Å². The Labute approximate surface area is 190 Å². The molecule has 11 heteroatoms. The number of fused-ring (bicyclic) bond motifs is 16. The zero-order valence-corrected chi connectivity index (χ0v) is 18.1. The summed E-state index contributed by atoms with van der Waals surface area (Å²) in [5.74, 6) is -0.966. The van der Waals surface area contributed by atoms with Crippen molar-refractivity contribution in [1.82, 2.24) is 0 Å². The van der Waals surface area contributed by atoms with Crippen LogP contribution in [0.3, 0.4) is 0 Å². The van der Waals surface area contributed by atoms with E-state index in [9.17, 15) is 9.59 Å². The van der Waals surface area contributed by atoms with Crippen molar-refractivity contribution in [1.29, 1.82) is 0 Å². The largest absolute Gasteiger partial charge is 0.460 e. The second-order valence-electron chi connectivity index (χ2n) is 7.42. The minimum atomic E-state index is -0.781. The molecular weight excluding hydrogens is 436 g/mol. The number of carbonyl (C=O) groups excluding carboxylic acids is 2. The molecule has 0 saturated carbocycles.